The fourth-order valence-electron chi connectivity index (χ4n) is 4.23. The van der Waals surface area contributed by atoms with E-state index < -0.39 is 0 Å². The first kappa shape index (κ1) is 18.3. The highest BCUT2D eigenvalue weighted by atomic mass is 16.1. The molecular formula is C21H30N2O2. The number of hydrogen-bond donors (Lipinski definition) is 0. The van der Waals surface area contributed by atoms with Gasteiger partial charge in [-0.15, -0.1) is 0 Å². The van der Waals surface area contributed by atoms with E-state index in [4.69, 9.17) is 0 Å². The van der Waals surface area contributed by atoms with Gasteiger partial charge in [0, 0.05) is 43.6 Å². The summed E-state index contributed by atoms with van der Waals surface area (Å²) in [4.78, 5) is 28.5. The molecule has 0 aromatic heterocycles. The van der Waals surface area contributed by atoms with Crippen LogP contribution in [0.5, 0.6) is 0 Å². The highest BCUT2D eigenvalue weighted by Gasteiger charge is 2.42. The van der Waals surface area contributed by atoms with Crippen molar-refractivity contribution in [1.82, 2.24) is 9.80 Å². The first-order valence-electron chi connectivity index (χ1n) is 9.72. The minimum Gasteiger partial charge on any atom is -0.298 e. The second-order valence-corrected chi connectivity index (χ2v) is 7.44. The van der Waals surface area contributed by atoms with Crippen LogP contribution in [0.15, 0.2) is 24.3 Å². The molecule has 4 heteroatoms. The van der Waals surface area contributed by atoms with Crippen LogP contribution >= 0.6 is 0 Å². The van der Waals surface area contributed by atoms with Gasteiger partial charge in [-0.3, -0.25) is 19.4 Å². The molecule has 2 aliphatic rings. The molecule has 2 atom stereocenters. The summed E-state index contributed by atoms with van der Waals surface area (Å²) in [5.74, 6) is 0.584. The SMILES string of the molecule is CCC(=O)CN1CC2CC1CN2CCCc1cccc(C(=O)CC)c1. The normalized spacial score (nSPS) is 23.3. The zero-order valence-electron chi connectivity index (χ0n) is 15.5. The van der Waals surface area contributed by atoms with Crippen LogP contribution in [0.4, 0.5) is 0 Å². The second kappa shape index (κ2) is 8.24. The van der Waals surface area contributed by atoms with Crippen molar-refractivity contribution in [2.24, 2.45) is 0 Å². The van der Waals surface area contributed by atoms with Crippen LogP contribution in [0.3, 0.4) is 0 Å². The molecule has 2 aliphatic heterocycles. The van der Waals surface area contributed by atoms with Gasteiger partial charge in [-0.1, -0.05) is 32.0 Å². The van der Waals surface area contributed by atoms with E-state index in [-0.39, 0.29) is 5.78 Å². The van der Waals surface area contributed by atoms with E-state index in [1.54, 1.807) is 0 Å². The summed E-state index contributed by atoms with van der Waals surface area (Å²) in [6.07, 6.45) is 4.59. The molecule has 2 unspecified atom stereocenters. The average molecular weight is 342 g/mol. The van der Waals surface area contributed by atoms with Crippen LogP contribution < -0.4 is 0 Å². The Bertz CT molecular complexity index is 628. The highest BCUT2D eigenvalue weighted by Crippen LogP contribution is 2.30. The van der Waals surface area contributed by atoms with Gasteiger partial charge in [-0.25, -0.2) is 0 Å². The summed E-state index contributed by atoms with van der Waals surface area (Å²) in [6.45, 7) is 7.78. The first-order valence-corrected chi connectivity index (χ1v) is 9.72. The molecule has 2 bridgehead atoms. The van der Waals surface area contributed by atoms with Gasteiger partial charge in [0.25, 0.3) is 0 Å². The fourth-order valence-corrected chi connectivity index (χ4v) is 4.23. The maximum Gasteiger partial charge on any atom is 0.162 e. The van der Waals surface area contributed by atoms with Gasteiger partial charge in [0.15, 0.2) is 5.78 Å². The Morgan fingerprint density at radius 2 is 1.84 bits per heavy atom. The smallest absolute Gasteiger partial charge is 0.162 e. The van der Waals surface area contributed by atoms with E-state index in [0.717, 1.165) is 38.0 Å². The van der Waals surface area contributed by atoms with E-state index in [9.17, 15) is 9.59 Å². The molecule has 0 N–H and O–H groups in total. The van der Waals surface area contributed by atoms with Crippen LogP contribution in [-0.4, -0.2) is 59.6 Å². The van der Waals surface area contributed by atoms with Crippen LogP contribution in [0.2, 0.25) is 0 Å². The number of piperazine rings is 1. The quantitative estimate of drug-likeness (QED) is 0.647. The van der Waals surface area contributed by atoms with Gasteiger partial charge in [0.2, 0.25) is 0 Å². The molecule has 0 aliphatic carbocycles. The number of carbonyl (C=O) groups excluding carboxylic acids is 2. The van der Waals surface area contributed by atoms with Crippen molar-refractivity contribution < 1.29 is 9.59 Å². The van der Waals surface area contributed by atoms with Crippen LogP contribution in [0, 0.1) is 0 Å². The molecule has 1 aromatic carbocycles. The minimum atomic E-state index is 0.223. The summed E-state index contributed by atoms with van der Waals surface area (Å²) in [7, 11) is 0. The highest BCUT2D eigenvalue weighted by molar-refractivity contribution is 5.95. The van der Waals surface area contributed by atoms with Crippen molar-refractivity contribution in [3.05, 3.63) is 35.4 Å². The molecule has 2 fully saturated rings. The third-order valence-electron chi connectivity index (χ3n) is 5.72. The standard InChI is InChI=1S/C21H30N2O2/c1-3-20(24)15-23-14-18-12-19(23)13-22(18)10-6-8-16-7-5-9-17(11-16)21(25)4-2/h5,7,9,11,18-19H,3-4,6,8,10,12-15H2,1-2H3. The Labute approximate surface area is 151 Å². The topological polar surface area (TPSA) is 40.6 Å². The van der Waals surface area contributed by atoms with Gasteiger partial charge in [0.05, 0.1) is 6.54 Å². The number of nitrogens with zero attached hydrogens (tertiary/aromatic N) is 2. The van der Waals surface area contributed by atoms with E-state index in [1.807, 2.05) is 26.0 Å². The van der Waals surface area contributed by atoms with Crippen molar-refractivity contribution in [3.8, 4) is 0 Å². The number of fused-ring (bicyclic) bond motifs is 2. The number of aryl methyl sites for hydroxylation is 1. The number of likely N-dealkylation sites (tertiary alicyclic amines) is 2. The monoisotopic (exact) mass is 342 g/mol. The number of benzene rings is 1. The molecule has 0 radical (unpaired) electrons. The van der Waals surface area contributed by atoms with Crippen molar-refractivity contribution in [1.29, 1.82) is 0 Å². The molecule has 2 saturated heterocycles. The van der Waals surface area contributed by atoms with Gasteiger partial charge >= 0.3 is 0 Å². The predicted molar refractivity (Wildman–Crippen MR) is 100 cm³/mol. The Hall–Kier alpha value is -1.52. The number of Topliss-reactive ketones (excluding diaryl/α,β-unsaturated/α-hetero) is 2. The Morgan fingerprint density at radius 3 is 2.52 bits per heavy atom. The van der Waals surface area contributed by atoms with Gasteiger partial charge in [-0.2, -0.15) is 0 Å². The molecule has 1 aromatic rings. The van der Waals surface area contributed by atoms with Gasteiger partial charge in [-0.05, 0) is 37.4 Å². The van der Waals surface area contributed by atoms with Crippen LogP contribution in [0.1, 0.15) is 55.5 Å². The lowest BCUT2D eigenvalue weighted by Crippen LogP contribution is -2.48. The van der Waals surface area contributed by atoms with Crippen molar-refractivity contribution >= 4 is 11.6 Å². The Balaban J connectivity index is 1.44. The lowest BCUT2D eigenvalue weighted by Gasteiger charge is -2.33. The Morgan fingerprint density at radius 1 is 1.08 bits per heavy atom. The lowest BCUT2D eigenvalue weighted by molar-refractivity contribution is -0.120. The van der Waals surface area contributed by atoms with E-state index >= 15 is 0 Å². The lowest BCUT2D eigenvalue weighted by atomic mass is 10.0. The maximum absolute atomic E-state index is 11.8. The molecule has 0 saturated carbocycles. The maximum atomic E-state index is 11.8. The minimum absolute atomic E-state index is 0.223. The summed E-state index contributed by atoms with van der Waals surface area (Å²) in [5, 5.41) is 0. The number of ketones is 2. The molecule has 0 amide bonds. The van der Waals surface area contributed by atoms with E-state index in [1.165, 1.54) is 12.0 Å². The second-order valence-electron chi connectivity index (χ2n) is 7.44. The van der Waals surface area contributed by atoms with E-state index in [0.29, 0.717) is 37.3 Å². The molecule has 136 valence electrons. The number of hydrogen-bond acceptors (Lipinski definition) is 4. The Kier molecular flexibility index (Phi) is 6.02. The van der Waals surface area contributed by atoms with Crippen molar-refractivity contribution in [2.75, 3.05) is 26.2 Å². The summed E-state index contributed by atoms with van der Waals surface area (Å²) in [6, 6.07) is 9.30. The first-order chi connectivity index (χ1) is 12.1. The molecule has 4 nitrogen and oxygen atoms in total. The third-order valence-corrected chi connectivity index (χ3v) is 5.72. The van der Waals surface area contributed by atoms with E-state index in [2.05, 4.69) is 21.9 Å². The summed E-state index contributed by atoms with van der Waals surface area (Å²) < 4.78 is 0. The van der Waals surface area contributed by atoms with Crippen molar-refractivity contribution in [2.45, 2.75) is 58.0 Å². The number of carbonyl (C=O) groups is 2. The summed E-state index contributed by atoms with van der Waals surface area (Å²) in [5.41, 5.74) is 2.11. The molecular weight excluding hydrogens is 312 g/mol. The fraction of sp³-hybridized carbons (Fsp3) is 0.619. The molecule has 2 heterocycles. The predicted octanol–water partition coefficient (Wildman–Crippen LogP) is 2.95. The largest absolute Gasteiger partial charge is 0.298 e. The van der Waals surface area contributed by atoms with Crippen LogP contribution in [-0.2, 0) is 11.2 Å². The van der Waals surface area contributed by atoms with Crippen LogP contribution in [0.25, 0.3) is 0 Å². The zero-order chi connectivity index (χ0) is 17.8. The van der Waals surface area contributed by atoms with Crippen molar-refractivity contribution in [3.63, 3.8) is 0 Å². The zero-order valence-corrected chi connectivity index (χ0v) is 15.5. The number of rotatable bonds is 9. The molecule has 25 heavy (non-hydrogen) atoms. The molecule has 3 rings (SSSR count). The summed E-state index contributed by atoms with van der Waals surface area (Å²) >= 11 is 0. The third kappa shape index (κ3) is 4.36. The molecule has 0 spiro atoms. The average Bonchev–Trinajstić information content (AvgIpc) is 3.21. The van der Waals surface area contributed by atoms with Gasteiger partial charge in [0.1, 0.15) is 5.78 Å². The van der Waals surface area contributed by atoms with Gasteiger partial charge < -0.3 is 0 Å².